The van der Waals surface area contributed by atoms with Gasteiger partial charge in [-0.1, -0.05) is 54.1 Å². The van der Waals surface area contributed by atoms with Gasteiger partial charge in [-0.15, -0.1) is 0 Å². The lowest BCUT2D eigenvalue weighted by molar-refractivity contribution is 0.123. The second kappa shape index (κ2) is 11.2. The Bertz CT molecular complexity index is 1290. The molecule has 1 aliphatic carbocycles. The van der Waals surface area contributed by atoms with Gasteiger partial charge >= 0.3 is 0 Å². The van der Waals surface area contributed by atoms with Gasteiger partial charge in [0, 0.05) is 17.6 Å². The number of hydrogen-bond donors (Lipinski definition) is 1. The second-order valence-corrected chi connectivity index (χ2v) is 9.75. The highest BCUT2D eigenvalue weighted by molar-refractivity contribution is 6.33. The quantitative estimate of drug-likeness (QED) is 0.278. The number of nitrogens with zero attached hydrogens (tertiary/aromatic N) is 1. The maximum atomic E-state index is 6.66. The van der Waals surface area contributed by atoms with E-state index >= 15 is 0 Å². The first-order valence-corrected chi connectivity index (χ1v) is 12.8. The smallest absolute Gasteiger partial charge is 0.221 e. The van der Waals surface area contributed by atoms with E-state index in [1.807, 2.05) is 60.7 Å². The van der Waals surface area contributed by atoms with Gasteiger partial charge in [0.25, 0.3) is 0 Å². The molecule has 186 valence electrons. The predicted molar refractivity (Wildman–Crippen MR) is 144 cm³/mol. The fourth-order valence-corrected chi connectivity index (χ4v) is 5.13. The van der Waals surface area contributed by atoms with Crippen LogP contribution in [0.25, 0.3) is 10.8 Å². The van der Waals surface area contributed by atoms with Crippen molar-refractivity contribution in [2.75, 3.05) is 7.11 Å². The average molecular weight is 503 g/mol. The van der Waals surface area contributed by atoms with Crippen molar-refractivity contribution in [2.24, 2.45) is 11.7 Å². The zero-order valence-electron chi connectivity index (χ0n) is 20.4. The molecule has 1 saturated carbocycles. The molecule has 0 radical (unpaired) electrons. The van der Waals surface area contributed by atoms with Crippen molar-refractivity contribution in [1.82, 2.24) is 4.98 Å². The minimum atomic E-state index is 0.0166. The largest absolute Gasteiger partial charge is 0.497 e. The third-order valence-electron chi connectivity index (χ3n) is 7.02. The molecule has 1 aliphatic rings. The molecule has 6 heteroatoms. The predicted octanol–water partition coefficient (Wildman–Crippen LogP) is 7.11. The van der Waals surface area contributed by atoms with Crippen molar-refractivity contribution in [2.45, 2.75) is 44.4 Å². The second-order valence-electron chi connectivity index (χ2n) is 9.35. The molecule has 0 saturated heterocycles. The van der Waals surface area contributed by atoms with Gasteiger partial charge in [-0.05, 0) is 78.4 Å². The maximum Gasteiger partial charge on any atom is 0.221 e. The molecular formula is C30H31ClN2O3. The van der Waals surface area contributed by atoms with Crippen LogP contribution in [-0.4, -0.2) is 18.2 Å². The Morgan fingerprint density at radius 2 is 1.72 bits per heavy atom. The number of halogens is 1. The average Bonchev–Trinajstić information content (AvgIpc) is 2.93. The minimum Gasteiger partial charge on any atom is -0.497 e. The summed E-state index contributed by atoms with van der Waals surface area (Å²) in [7, 11) is 1.67. The summed E-state index contributed by atoms with van der Waals surface area (Å²) in [4.78, 5) is 4.43. The first-order chi connectivity index (χ1) is 17.6. The molecule has 0 aliphatic heterocycles. The van der Waals surface area contributed by atoms with Gasteiger partial charge in [-0.3, -0.25) is 0 Å². The third kappa shape index (κ3) is 5.58. The van der Waals surface area contributed by atoms with Gasteiger partial charge in [-0.2, -0.15) is 0 Å². The summed E-state index contributed by atoms with van der Waals surface area (Å²) in [6, 6.07) is 24.0. The number of fused-ring (bicyclic) bond motifs is 1. The van der Waals surface area contributed by atoms with Crippen LogP contribution in [0.15, 0.2) is 79.0 Å². The van der Waals surface area contributed by atoms with Crippen molar-refractivity contribution >= 4 is 22.4 Å². The van der Waals surface area contributed by atoms with Gasteiger partial charge in [0.2, 0.25) is 5.88 Å². The fourth-order valence-electron chi connectivity index (χ4n) is 4.92. The standard InChI is InChI=1S/C30H31ClN2O3/c1-34-24-11-7-21(8-12-24)29(32)22-9-13-25(14-10-22)36-28-17-23-15-16-33-30(26(23)18-27(28)31)35-19-20-5-3-2-4-6-20/h2-8,11-12,15-18,22,25,29H,9-10,13-14,19,32H2,1H3/t22-,25-,29?. The Kier molecular flexibility index (Phi) is 7.59. The van der Waals surface area contributed by atoms with E-state index in [1.165, 1.54) is 0 Å². The van der Waals surface area contributed by atoms with Gasteiger partial charge in [-0.25, -0.2) is 4.98 Å². The molecule has 0 spiro atoms. The molecule has 4 aromatic rings. The summed E-state index contributed by atoms with van der Waals surface area (Å²) < 4.78 is 17.6. The van der Waals surface area contributed by atoms with Crippen molar-refractivity contribution in [3.8, 4) is 17.4 Å². The van der Waals surface area contributed by atoms with E-state index in [2.05, 4.69) is 17.1 Å². The van der Waals surface area contributed by atoms with Gasteiger partial charge in [0.1, 0.15) is 18.1 Å². The van der Waals surface area contributed by atoms with Crippen LogP contribution in [0.2, 0.25) is 5.02 Å². The molecule has 1 fully saturated rings. The summed E-state index contributed by atoms with van der Waals surface area (Å²) in [5, 5.41) is 2.43. The van der Waals surface area contributed by atoms with Crippen molar-refractivity contribution in [3.63, 3.8) is 0 Å². The van der Waals surface area contributed by atoms with E-state index in [-0.39, 0.29) is 12.1 Å². The van der Waals surface area contributed by atoms with Gasteiger partial charge in [0.05, 0.1) is 18.2 Å². The zero-order valence-corrected chi connectivity index (χ0v) is 21.2. The minimum absolute atomic E-state index is 0.0166. The lowest BCUT2D eigenvalue weighted by Gasteiger charge is -2.32. The molecular weight excluding hydrogens is 472 g/mol. The molecule has 1 aromatic heterocycles. The Morgan fingerprint density at radius 1 is 0.972 bits per heavy atom. The Balaban J connectivity index is 1.22. The lowest BCUT2D eigenvalue weighted by Crippen LogP contribution is -2.30. The number of ether oxygens (including phenoxy) is 3. The highest BCUT2D eigenvalue weighted by Crippen LogP contribution is 2.38. The van der Waals surface area contributed by atoms with Crippen LogP contribution in [0.3, 0.4) is 0 Å². The summed E-state index contributed by atoms with van der Waals surface area (Å²) in [5.74, 6) is 2.55. The summed E-state index contributed by atoms with van der Waals surface area (Å²) in [5.41, 5.74) is 8.84. The number of hydrogen-bond acceptors (Lipinski definition) is 5. The van der Waals surface area contributed by atoms with Crippen LogP contribution in [0, 0.1) is 5.92 Å². The Morgan fingerprint density at radius 3 is 2.44 bits per heavy atom. The Labute approximate surface area is 217 Å². The van der Waals surface area contributed by atoms with E-state index in [4.69, 9.17) is 31.5 Å². The first kappa shape index (κ1) is 24.4. The lowest BCUT2D eigenvalue weighted by atomic mass is 9.80. The van der Waals surface area contributed by atoms with E-state index in [9.17, 15) is 0 Å². The van der Waals surface area contributed by atoms with Gasteiger partial charge < -0.3 is 19.9 Å². The molecule has 36 heavy (non-hydrogen) atoms. The summed E-state index contributed by atoms with van der Waals surface area (Å²) in [6.07, 6.45) is 5.81. The topological polar surface area (TPSA) is 66.6 Å². The van der Waals surface area contributed by atoms with Crippen LogP contribution < -0.4 is 19.9 Å². The molecule has 1 unspecified atom stereocenters. The van der Waals surface area contributed by atoms with Crippen molar-refractivity contribution in [3.05, 3.63) is 95.1 Å². The monoisotopic (exact) mass is 502 g/mol. The zero-order chi connectivity index (χ0) is 24.9. The first-order valence-electron chi connectivity index (χ1n) is 12.4. The number of nitrogens with two attached hydrogens (primary N) is 1. The SMILES string of the molecule is COc1ccc(C(N)[C@H]2CC[C@H](Oc3cc4ccnc(OCc5ccccc5)c4cc3Cl)CC2)cc1. The van der Waals surface area contributed by atoms with Crippen LogP contribution >= 0.6 is 11.6 Å². The molecule has 1 atom stereocenters. The van der Waals surface area contributed by atoms with Crippen LogP contribution in [0.4, 0.5) is 0 Å². The molecule has 3 aromatic carbocycles. The van der Waals surface area contributed by atoms with Crippen molar-refractivity contribution in [1.29, 1.82) is 0 Å². The van der Waals surface area contributed by atoms with E-state index in [0.29, 0.717) is 29.2 Å². The normalized spacial score (nSPS) is 18.5. The van der Waals surface area contributed by atoms with E-state index in [0.717, 1.165) is 53.3 Å². The Hall–Kier alpha value is -3.28. The molecule has 0 amide bonds. The van der Waals surface area contributed by atoms with Crippen LogP contribution in [0.1, 0.15) is 42.9 Å². The van der Waals surface area contributed by atoms with Crippen LogP contribution in [0.5, 0.6) is 17.4 Å². The fraction of sp³-hybridized carbons (Fsp3) is 0.300. The third-order valence-corrected chi connectivity index (χ3v) is 7.32. The van der Waals surface area contributed by atoms with Gasteiger partial charge in [0.15, 0.2) is 0 Å². The van der Waals surface area contributed by atoms with Crippen LogP contribution in [-0.2, 0) is 6.61 Å². The number of aromatic nitrogens is 1. The highest BCUT2D eigenvalue weighted by atomic mass is 35.5. The number of pyridine rings is 1. The van der Waals surface area contributed by atoms with E-state index in [1.54, 1.807) is 13.3 Å². The number of rotatable bonds is 8. The van der Waals surface area contributed by atoms with Crippen molar-refractivity contribution < 1.29 is 14.2 Å². The highest BCUT2D eigenvalue weighted by Gasteiger charge is 2.28. The molecule has 0 bridgehead atoms. The molecule has 5 rings (SSSR count). The summed E-state index contributed by atoms with van der Waals surface area (Å²) >= 11 is 6.66. The molecule has 5 nitrogen and oxygen atoms in total. The number of methoxy groups -OCH3 is 1. The molecule has 2 N–H and O–H groups in total. The number of benzene rings is 3. The maximum absolute atomic E-state index is 6.66. The summed E-state index contributed by atoms with van der Waals surface area (Å²) in [6.45, 7) is 0.449. The van der Waals surface area contributed by atoms with E-state index < -0.39 is 0 Å². The molecule has 1 heterocycles.